The van der Waals surface area contributed by atoms with E-state index in [0.717, 1.165) is 22.3 Å². The Hall–Kier alpha value is -1.94. The maximum atomic E-state index is 6.09. The molecule has 0 bridgehead atoms. The number of hydrogen-bond donors (Lipinski definition) is 0. The molecule has 0 aromatic carbocycles. The summed E-state index contributed by atoms with van der Waals surface area (Å²) in [4.78, 5) is 12.3. The first-order chi connectivity index (χ1) is 8.27. The summed E-state index contributed by atoms with van der Waals surface area (Å²) >= 11 is 6.09. The van der Waals surface area contributed by atoms with Crippen LogP contribution in [-0.4, -0.2) is 19.5 Å². The number of halogens is 1. The fraction of sp³-hybridized carbons (Fsp3) is 0.0833. The monoisotopic (exact) mass is 244 g/mol. The molecule has 4 nitrogen and oxygen atoms in total. The minimum atomic E-state index is 0.486. The van der Waals surface area contributed by atoms with Gasteiger partial charge in [0, 0.05) is 18.6 Å². The fourth-order valence-electron chi connectivity index (χ4n) is 1.90. The van der Waals surface area contributed by atoms with Crippen LogP contribution in [-0.2, 0) is 0 Å². The number of aromatic nitrogens is 4. The van der Waals surface area contributed by atoms with E-state index in [1.54, 1.807) is 12.4 Å². The second-order valence-corrected chi connectivity index (χ2v) is 4.11. The molecule has 0 radical (unpaired) electrons. The lowest BCUT2D eigenvalue weighted by atomic mass is 10.3. The summed E-state index contributed by atoms with van der Waals surface area (Å²) in [6.07, 6.45) is 6.97. The van der Waals surface area contributed by atoms with Gasteiger partial charge in [0.05, 0.1) is 11.1 Å². The maximum absolute atomic E-state index is 6.09. The first-order valence-corrected chi connectivity index (χ1v) is 5.54. The third kappa shape index (κ3) is 1.57. The van der Waals surface area contributed by atoms with Gasteiger partial charge in [0.25, 0.3) is 0 Å². The van der Waals surface area contributed by atoms with Gasteiger partial charge in [0.2, 0.25) is 0 Å². The lowest BCUT2D eigenvalue weighted by molar-refractivity contribution is 1.06. The Morgan fingerprint density at radius 3 is 2.71 bits per heavy atom. The van der Waals surface area contributed by atoms with Crippen molar-refractivity contribution in [3.63, 3.8) is 0 Å². The summed E-state index contributed by atoms with van der Waals surface area (Å²) in [5, 5.41) is 1.38. The van der Waals surface area contributed by atoms with Crippen molar-refractivity contribution < 1.29 is 0 Å². The molecular formula is C12H9ClN4. The van der Waals surface area contributed by atoms with E-state index in [9.17, 15) is 0 Å². The zero-order valence-corrected chi connectivity index (χ0v) is 9.89. The first kappa shape index (κ1) is 10.2. The molecule has 3 aromatic rings. The largest absolute Gasteiger partial charge is 0.301 e. The van der Waals surface area contributed by atoms with Gasteiger partial charge in [-0.25, -0.2) is 9.97 Å². The summed E-state index contributed by atoms with van der Waals surface area (Å²) in [5.74, 6) is 0. The Kier molecular flexibility index (Phi) is 2.30. The van der Waals surface area contributed by atoms with E-state index in [2.05, 4.69) is 15.0 Å². The van der Waals surface area contributed by atoms with Crippen molar-refractivity contribution in [2.75, 3.05) is 0 Å². The molecule has 0 aliphatic rings. The zero-order chi connectivity index (χ0) is 11.8. The lowest BCUT2D eigenvalue weighted by Gasteiger charge is -2.03. The molecule has 3 heterocycles. The highest BCUT2D eigenvalue weighted by Gasteiger charge is 2.11. The van der Waals surface area contributed by atoms with Gasteiger partial charge in [0.1, 0.15) is 17.1 Å². The molecule has 0 amide bonds. The van der Waals surface area contributed by atoms with E-state index >= 15 is 0 Å². The normalized spacial score (nSPS) is 10.9. The van der Waals surface area contributed by atoms with Crippen molar-refractivity contribution in [2.24, 2.45) is 0 Å². The zero-order valence-electron chi connectivity index (χ0n) is 9.13. The number of aryl methyl sites for hydroxylation is 1. The van der Waals surface area contributed by atoms with Crippen LogP contribution in [0.3, 0.4) is 0 Å². The van der Waals surface area contributed by atoms with Crippen LogP contribution in [0, 0.1) is 6.92 Å². The van der Waals surface area contributed by atoms with Crippen molar-refractivity contribution >= 4 is 22.6 Å². The molecule has 0 saturated carbocycles. The van der Waals surface area contributed by atoms with Gasteiger partial charge in [-0.05, 0) is 24.6 Å². The van der Waals surface area contributed by atoms with Crippen LogP contribution >= 0.6 is 11.6 Å². The van der Waals surface area contributed by atoms with E-state index in [-0.39, 0.29) is 0 Å². The van der Waals surface area contributed by atoms with Crippen LogP contribution in [0.4, 0.5) is 0 Å². The molecule has 0 atom stereocenters. The van der Waals surface area contributed by atoms with Crippen molar-refractivity contribution in [3.8, 4) is 5.69 Å². The highest BCUT2D eigenvalue weighted by molar-refractivity contribution is 6.34. The predicted molar refractivity (Wildman–Crippen MR) is 66.4 cm³/mol. The number of rotatable bonds is 1. The van der Waals surface area contributed by atoms with Gasteiger partial charge in [-0.3, -0.25) is 4.98 Å². The molecule has 0 aliphatic heterocycles. The number of nitrogens with zero attached hydrogens (tertiary/aromatic N) is 4. The van der Waals surface area contributed by atoms with E-state index in [1.807, 2.05) is 29.8 Å². The number of hydrogen-bond acceptors (Lipinski definition) is 3. The Morgan fingerprint density at radius 2 is 1.94 bits per heavy atom. The van der Waals surface area contributed by atoms with Crippen LogP contribution in [0.25, 0.3) is 16.7 Å². The topological polar surface area (TPSA) is 43.6 Å². The van der Waals surface area contributed by atoms with Gasteiger partial charge >= 0.3 is 0 Å². The van der Waals surface area contributed by atoms with Crippen LogP contribution in [0.1, 0.15) is 5.56 Å². The number of pyridine rings is 1. The van der Waals surface area contributed by atoms with Crippen molar-refractivity contribution in [2.45, 2.75) is 6.92 Å². The summed E-state index contributed by atoms with van der Waals surface area (Å²) in [6, 6.07) is 3.85. The highest BCUT2D eigenvalue weighted by Crippen LogP contribution is 2.26. The highest BCUT2D eigenvalue weighted by atomic mass is 35.5. The Labute approximate surface area is 103 Å². The quantitative estimate of drug-likeness (QED) is 0.618. The van der Waals surface area contributed by atoms with Gasteiger partial charge in [-0.15, -0.1) is 0 Å². The second kappa shape index (κ2) is 3.82. The van der Waals surface area contributed by atoms with Crippen molar-refractivity contribution in [1.29, 1.82) is 0 Å². The maximum Gasteiger partial charge on any atom is 0.149 e. The average Bonchev–Trinajstić information content (AvgIpc) is 2.69. The van der Waals surface area contributed by atoms with Gasteiger partial charge in [-0.2, -0.15) is 0 Å². The molecule has 0 aliphatic carbocycles. The molecule has 0 spiro atoms. The van der Waals surface area contributed by atoms with Gasteiger partial charge in [-0.1, -0.05) is 11.6 Å². The molecule has 5 heteroatoms. The third-order valence-electron chi connectivity index (χ3n) is 2.67. The molecule has 0 fully saturated rings. The van der Waals surface area contributed by atoms with Crippen LogP contribution < -0.4 is 0 Å². The molecule has 0 N–H and O–H groups in total. The van der Waals surface area contributed by atoms with Crippen LogP contribution in [0.5, 0.6) is 0 Å². The summed E-state index contributed by atoms with van der Waals surface area (Å²) < 4.78 is 1.99. The van der Waals surface area contributed by atoms with Crippen LogP contribution in [0.15, 0.2) is 37.1 Å². The second-order valence-electron chi connectivity index (χ2n) is 3.75. The van der Waals surface area contributed by atoms with Gasteiger partial charge < -0.3 is 4.57 Å². The molecule has 3 aromatic heterocycles. The molecule has 17 heavy (non-hydrogen) atoms. The first-order valence-electron chi connectivity index (χ1n) is 5.16. The standard InChI is InChI=1S/C12H9ClN4/c1-8-6-17(9-2-4-14-5-3-9)12-10(8)11(13)15-7-16-12/h2-7H,1H3. The fourth-order valence-corrected chi connectivity index (χ4v) is 2.18. The Bertz CT molecular complexity index is 676. The average molecular weight is 245 g/mol. The van der Waals surface area contributed by atoms with E-state index in [1.165, 1.54) is 6.33 Å². The molecular weight excluding hydrogens is 236 g/mol. The van der Waals surface area contributed by atoms with Gasteiger partial charge in [0.15, 0.2) is 0 Å². The minimum Gasteiger partial charge on any atom is -0.301 e. The van der Waals surface area contributed by atoms with E-state index < -0.39 is 0 Å². The molecule has 0 unspecified atom stereocenters. The van der Waals surface area contributed by atoms with E-state index in [4.69, 9.17) is 11.6 Å². The smallest absolute Gasteiger partial charge is 0.149 e. The molecule has 84 valence electrons. The SMILES string of the molecule is Cc1cn(-c2ccncc2)c2ncnc(Cl)c12. The van der Waals surface area contributed by atoms with E-state index in [0.29, 0.717) is 5.15 Å². The predicted octanol–water partition coefficient (Wildman–Crippen LogP) is 2.78. The Morgan fingerprint density at radius 1 is 1.18 bits per heavy atom. The van der Waals surface area contributed by atoms with Crippen molar-refractivity contribution in [3.05, 3.63) is 47.8 Å². The minimum absolute atomic E-state index is 0.486. The van der Waals surface area contributed by atoms with Crippen LogP contribution in [0.2, 0.25) is 5.15 Å². The lowest BCUT2D eigenvalue weighted by Crippen LogP contribution is -1.94. The summed E-state index contributed by atoms with van der Waals surface area (Å²) in [7, 11) is 0. The number of fused-ring (bicyclic) bond motifs is 1. The van der Waals surface area contributed by atoms with Crippen molar-refractivity contribution in [1.82, 2.24) is 19.5 Å². The third-order valence-corrected chi connectivity index (χ3v) is 2.95. The summed E-state index contributed by atoms with van der Waals surface area (Å²) in [6.45, 7) is 2.00. The summed E-state index contributed by atoms with van der Waals surface area (Å²) in [5.41, 5.74) is 2.88. The molecule has 3 rings (SSSR count). The molecule has 0 saturated heterocycles. The Balaban J connectivity index is 2.36.